The summed E-state index contributed by atoms with van der Waals surface area (Å²) in [6.45, 7) is 7.10. The number of hydrogen-bond donors (Lipinski definition) is 1. The number of likely N-dealkylation sites (tertiary alicyclic amines) is 1. The highest BCUT2D eigenvalue weighted by Crippen LogP contribution is 2.22. The largest absolute Gasteiger partial charge is 0.457 e. The van der Waals surface area contributed by atoms with Crippen LogP contribution in [0.1, 0.15) is 35.7 Å². The topological polar surface area (TPSA) is 41.6 Å². The van der Waals surface area contributed by atoms with Crippen molar-refractivity contribution >= 4 is 5.91 Å². The Morgan fingerprint density at radius 3 is 2.76 bits per heavy atom. The fourth-order valence-electron chi connectivity index (χ4n) is 3.30. The highest BCUT2D eigenvalue weighted by atomic mass is 16.5. The number of carbonyl (C=O) groups excluding carboxylic acids is 1. The predicted molar refractivity (Wildman–Crippen MR) is 100 cm³/mol. The minimum Gasteiger partial charge on any atom is -0.457 e. The molecule has 1 atom stereocenters. The van der Waals surface area contributed by atoms with Crippen LogP contribution in [0.15, 0.2) is 48.5 Å². The van der Waals surface area contributed by atoms with Gasteiger partial charge in [-0.3, -0.25) is 9.69 Å². The molecule has 1 aliphatic heterocycles. The lowest BCUT2D eigenvalue weighted by atomic mass is 10.1. The first-order chi connectivity index (χ1) is 12.2. The van der Waals surface area contributed by atoms with Gasteiger partial charge >= 0.3 is 0 Å². The quantitative estimate of drug-likeness (QED) is 0.865. The number of carbonyl (C=O) groups is 1. The Balaban J connectivity index is 1.60. The molecule has 1 amide bonds. The highest BCUT2D eigenvalue weighted by Gasteiger charge is 2.23. The summed E-state index contributed by atoms with van der Waals surface area (Å²) in [7, 11) is 0. The fourth-order valence-corrected chi connectivity index (χ4v) is 3.30. The molecule has 0 aromatic heterocycles. The highest BCUT2D eigenvalue weighted by molar-refractivity contribution is 5.94. The van der Waals surface area contributed by atoms with Crippen LogP contribution in [0.5, 0.6) is 11.5 Å². The van der Waals surface area contributed by atoms with E-state index in [9.17, 15) is 4.79 Å². The summed E-state index contributed by atoms with van der Waals surface area (Å²) >= 11 is 0. The number of benzene rings is 2. The van der Waals surface area contributed by atoms with E-state index in [1.165, 1.54) is 12.0 Å². The van der Waals surface area contributed by atoms with Gasteiger partial charge in [0.05, 0.1) is 0 Å². The molecule has 4 heteroatoms. The molecule has 1 N–H and O–H groups in total. The van der Waals surface area contributed by atoms with Gasteiger partial charge in [0.15, 0.2) is 0 Å². The number of amides is 1. The monoisotopic (exact) mass is 338 g/mol. The first-order valence-corrected chi connectivity index (χ1v) is 9.02. The van der Waals surface area contributed by atoms with Gasteiger partial charge in [0.1, 0.15) is 11.5 Å². The van der Waals surface area contributed by atoms with Crippen molar-refractivity contribution < 1.29 is 9.53 Å². The molecule has 0 aliphatic carbocycles. The zero-order valence-electron chi connectivity index (χ0n) is 15.0. The number of likely N-dealkylation sites (N-methyl/N-ethyl adjacent to an activating group) is 1. The van der Waals surface area contributed by atoms with Crippen molar-refractivity contribution in [3.63, 3.8) is 0 Å². The summed E-state index contributed by atoms with van der Waals surface area (Å²) in [5.74, 6) is 1.40. The smallest absolute Gasteiger partial charge is 0.251 e. The number of nitrogens with zero attached hydrogens (tertiary/aromatic N) is 1. The van der Waals surface area contributed by atoms with E-state index in [1.54, 1.807) is 6.07 Å². The summed E-state index contributed by atoms with van der Waals surface area (Å²) in [6.07, 6.45) is 2.37. The average molecular weight is 338 g/mol. The lowest BCUT2D eigenvalue weighted by molar-refractivity contribution is 0.0941. The van der Waals surface area contributed by atoms with Crippen molar-refractivity contribution in [1.82, 2.24) is 10.2 Å². The Hall–Kier alpha value is -2.33. The van der Waals surface area contributed by atoms with Gasteiger partial charge in [-0.1, -0.05) is 30.7 Å². The third kappa shape index (κ3) is 4.60. The number of nitrogens with one attached hydrogen (secondary N) is 1. The van der Waals surface area contributed by atoms with E-state index >= 15 is 0 Å². The first-order valence-electron chi connectivity index (χ1n) is 9.02. The number of ether oxygens (including phenoxy) is 1. The number of rotatable bonds is 6. The maximum absolute atomic E-state index is 12.5. The van der Waals surface area contributed by atoms with Crippen molar-refractivity contribution in [1.29, 1.82) is 0 Å². The van der Waals surface area contributed by atoms with E-state index in [0.717, 1.165) is 25.3 Å². The molecule has 2 aromatic carbocycles. The lowest BCUT2D eigenvalue weighted by Crippen LogP contribution is -2.40. The molecule has 1 saturated heterocycles. The molecule has 1 heterocycles. The fraction of sp³-hybridized carbons (Fsp3) is 0.381. The SMILES string of the molecule is CCN1CCCC1CNC(=O)c1cccc(Oc2ccc(C)cc2)c1. The van der Waals surface area contributed by atoms with Crippen LogP contribution in [-0.4, -0.2) is 36.5 Å². The van der Waals surface area contributed by atoms with Gasteiger partial charge in [-0.05, 0) is 63.2 Å². The van der Waals surface area contributed by atoms with Crippen LogP contribution >= 0.6 is 0 Å². The van der Waals surface area contributed by atoms with Gasteiger partial charge in [-0.25, -0.2) is 0 Å². The Kier molecular flexibility index (Phi) is 5.71. The summed E-state index contributed by atoms with van der Waals surface area (Å²) in [4.78, 5) is 14.9. The molecule has 4 nitrogen and oxygen atoms in total. The zero-order chi connectivity index (χ0) is 17.6. The van der Waals surface area contributed by atoms with Crippen LogP contribution in [0.3, 0.4) is 0 Å². The molecule has 132 valence electrons. The molecule has 0 radical (unpaired) electrons. The number of hydrogen-bond acceptors (Lipinski definition) is 3. The molecular formula is C21H26N2O2. The predicted octanol–water partition coefficient (Wildman–Crippen LogP) is 4.00. The van der Waals surface area contributed by atoms with Crippen LogP contribution < -0.4 is 10.1 Å². The molecule has 0 saturated carbocycles. The van der Waals surface area contributed by atoms with Crippen molar-refractivity contribution in [3.05, 3.63) is 59.7 Å². The van der Waals surface area contributed by atoms with Crippen LogP contribution in [-0.2, 0) is 0 Å². The maximum Gasteiger partial charge on any atom is 0.251 e. The van der Waals surface area contributed by atoms with E-state index in [0.29, 0.717) is 23.9 Å². The normalized spacial score (nSPS) is 17.4. The van der Waals surface area contributed by atoms with E-state index < -0.39 is 0 Å². The van der Waals surface area contributed by atoms with Crippen LogP contribution in [0.25, 0.3) is 0 Å². The molecule has 1 unspecified atom stereocenters. The Bertz CT molecular complexity index is 712. The second-order valence-corrected chi connectivity index (χ2v) is 6.58. The first kappa shape index (κ1) is 17.5. The van der Waals surface area contributed by atoms with Gasteiger partial charge in [0.2, 0.25) is 0 Å². The summed E-state index contributed by atoms with van der Waals surface area (Å²) in [6, 6.07) is 15.7. The van der Waals surface area contributed by atoms with Gasteiger partial charge in [0.25, 0.3) is 5.91 Å². The molecule has 0 spiro atoms. The minimum absolute atomic E-state index is 0.0442. The molecule has 3 rings (SSSR count). The zero-order valence-corrected chi connectivity index (χ0v) is 15.0. The van der Waals surface area contributed by atoms with E-state index in [4.69, 9.17) is 4.74 Å². The van der Waals surface area contributed by atoms with Crippen molar-refractivity contribution in [2.45, 2.75) is 32.7 Å². The van der Waals surface area contributed by atoms with Crippen LogP contribution in [0, 0.1) is 6.92 Å². The molecule has 1 aliphatic rings. The average Bonchev–Trinajstić information content (AvgIpc) is 3.09. The Labute approximate surface area is 149 Å². The van der Waals surface area contributed by atoms with E-state index in [1.807, 2.05) is 49.4 Å². The molecule has 25 heavy (non-hydrogen) atoms. The van der Waals surface area contributed by atoms with Crippen molar-refractivity contribution in [2.75, 3.05) is 19.6 Å². The summed E-state index contributed by atoms with van der Waals surface area (Å²) in [5.41, 5.74) is 1.82. The van der Waals surface area contributed by atoms with Crippen molar-refractivity contribution in [3.8, 4) is 11.5 Å². The van der Waals surface area contributed by atoms with Gasteiger partial charge in [0, 0.05) is 18.2 Å². The third-order valence-electron chi connectivity index (χ3n) is 4.76. The van der Waals surface area contributed by atoms with Crippen molar-refractivity contribution in [2.24, 2.45) is 0 Å². The van der Waals surface area contributed by atoms with Crippen LogP contribution in [0.2, 0.25) is 0 Å². The standard InChI is InChI=1S/C21H26N2O2/c1-3-23-13-5-7-18(23)15-22-21(24)17-6-4-8-20(14-17)25-19-11-9-16(2)10-12-19/h4,6,8-12,14,18H,3,5,7,13,15H2,1-2H3,(H,22,24). The number of aryl methyl sites for hydroxylation is 1. The van der Waals surface area contributed by atoms with Crippen LogP contribution in [0.4, 0.5) is 0 Å². The second-order valence-electron chi connectivity index (χ2n) is 6.58. The molecule has 1 fully saturated rings. The third-order valence-corrected chi connectivity index (χ3v) is 4.76. The van der Waals surface area contributed by atoms with E-state index in [-0.39, 0.29) is 5.91 Å². The molecular weight excluding hydrogens is 312 g/mol. The van der Waals surface area contributed by atoms with Gasteiger partial charge in [-0.2, -0.15) is 0 Å². The molecule has 2 aromatic rings. The van der Waals surface area contributed by atoms with Gasteiger partial charge < -0.3 is 10.1 Å². The second kappa shape index (κ2) is 8.17. The Morgan fingerprint density at radius 1 is 1.20 bits per heavy atom. The maximum atomic E-state index is 12.5. The summed E-state index contributed by atoms with van der Waals surface area (Å²) in [5, 5.41) is 3.07. The lowest BCUT2D eigenvalue weighted by Gasteiger charge is -2.22. The summed E-state index contributed by atoms with van der Waals surface area (Å²) < 4.78 is 5.85. The minimum atomic E-state index is -0.0442. The van der Waals surface area contributed by atoms with E-state index in [2.05, 4.69) is 17.1 Å². The molecule has 0 bridgehead atoms. The Morgan fingerprint density at radius 2 is 2.00 bits per heavy atom. The van der Waals surface area contributed by atoms with Gasteiger partial charge in [-0.15, -0.1) is 0 Å².